The zero-order chi connectivity index (χ0) is 14.4. The van der Waals surface area contributed by atoms with Gasteiger partial charge in [-0.25, -0.2) is 0 Å². The predicted molar refractivity (Wildman–Crippen MR) is 77.5 cm³/mol. The van der Waals surface area contributed by atoms with Gasteiger partial charge in [0, 0.05) is 25.1 Å². The lowest BCUT2D eigenvalue weighted by molar-refractivity contribution is 0.0312. The van der Waals surface area contributed by atoms with E-state index in [4.69, 9.17) is 9.15 Å². The van der Waals surface area contributed by atoms with Gasteiger partial charge in [0.25, 0.3) is 0 Å². The first-order valence-electron chi connectivity index (χ1n) is 7.23. The van der Waals surface area contributed by atoms with Gasteiger partial charge in [0.15, 0.2) is 5.76 Å². The summed E-state index contributed by atoms with van der Waals surface area (Å²) in [7, 11) is 0. The maximum absolute atomic E-state index is 11.7. The van der Waals surface area contributed by atoms with Crippen LogP contribution in [-0.4, -0.2) is 37.0 Å². The number of Topliss-reactive ketones (excluding diaryl/α,β-unsaturated/α-hetero) is 1. The van der Waals surface area contributed by atoms with Crippen LogP contribution in [0.4, 0.5) is 0 Å². The van der Waals surface area contributed by atoms with Crippen LogP contribution >= 0.6 is 0 Å². The molecule has 2 aliphatic rings. The van der Waals surface area contributed by atoms with Gasteiger partial charge in [-0.05, 0) is 12.1 Å². The molecule has 2 heterocycles. The number of carbonyl (C=O) groups is 1. The van der Waals surface area contributed by atoms with E-state index in [-0.39, 0.29) is 5.78 Å². The summed E-state index contributed by atoms with van der Waals surface area (Å²) in [4.78, 5) is 13.9. The number of ether oxygens (including phenoxy) is 1. The molecule has 0 amide bonds. The van der Waals surface area contributed by atoms with E-state index in [0.717, 1.165) is 44.2 Å². The lowest BCUT2D eigenvalue weighted by Gasteiger charge is -2.25. The third-order valence-corrected chi connectivity index (χ3v) is 2.96. The van der Waals surface area contributed by atoms with E-state index in [1.807, 2.05) is 6.07 Å². The molecule has 0 atom stereocenters. The van der Waals surface area contributed by atoms with Crippen LogP contribution in [0.15, 0.2) is 28.2 Å². The number of hydrogen-bond acceptors (Lipinski definition) is 4. The molecule has 0 spiro atoms. The topological polar surface area (TPSA) is 42.7 Å². The summed E-state index contributed by atoms with van der Waals surface area (Å²) in [6, 6.07) is 3.64. The van der Waals surface area contributed by atoms with Gasteiger partial charge in [-0.2, -0.15) is 0 Å². The Kier molecular flexibility index (Phi) is 5.56. The number of nitrogens with zero attached hydrogens (tertiary/aromatic N) is 1. The van der Waals surface area contributed by atoms with Gasteiger partial charge in [-0.15, -0.1) is 0 Å². The first-order valence-corrected chi connectivity index (χ1v) is 7.23. The normalized spacial score (nSPS) is 18.0. The van der Waals surface area contributed by atoms with Gasteiger partial charge in [0.1, 0.15) is 5.76 Å². The monoisotopic (exact) mass is 276 g/mol. The molecule has 0 bridgehead atoms. The second-order valence-electron chi connectivity index (χ2n) is 4.98. The minimum Gasteiger partial charge on any atom is -0.456 e. The number of ketones is 1. The van der Waals surface area contributed by atoms with E-state index >= 15 is 0 Å². The van der Waals surface area contributed by atoms with Crippen molar-refractivity contribution in [3.05, 3.63) is 41.7 Å². The van der Waals surface area contributed by atoms with Gasteiger partial charge in [0.05, 0.1) is 19.8 Å². The van der Waals surface area contributed by atoms with Crippen LogP contribution in [0, 0.1) is 6.42 Å². The molecule has 3 rings (SSSR count). The summed E-state index contributed by atoms with van der Waals surface area (Å²) in [6.07, 6.45) is 4.85. The molecular weight excluding hydrogens is 254 g/mol. The molecule has 1 aliphatic carbocycles. The summed E-state index contributed by atoms with van der Waals surface area (Å²) in [5, 5.41) is 0. The zero-order valence-corrected chi connectivity index (χ0v) is 12.2. The minimum atomic E-state index is -0.0155. The third-order valence-electron chi connectivity index (χ3n) is 2.96. The third kappa shape index (κ3) is 4.32. The fourth-order valence-corrected chi connectivity index (χ4v) is 1.90. The van der Waals surface area contributed by atoms with E-state index in [0.29, 0.717) is 5.76 Å². The van der Waals surface area contributed by atoms with Crippen LogP contribution in [0.2, 0.25) is 0 Å². The molecule has 0 saturated carbocycles. The number of rotatable bonds is 4. The summed E-state index contributed by atoms with van der Waals surface area (Å²) < 4.78 is 10.8. The summed E-state index contributed by atoms with van der Waals surface area (Å²) in [6.45, 7) is 8.38. The minimum absolute atomic E-state index is 0.0155. The Hall–Kier alpha value is -1.39. The largest absolute Gasteiger partial charge is 0.456 e. The van der Waals surface area contributed by atoms with Crippen molar-refractivity contribution in [2.24, 2.45) is 0 Å². The van der Waals surface area contributed by atoms with Crippen LogP contribution in [0.3, 0.4) is 0 Å². The van der Waals surface area contributed by atoms with Crippen molar-refractivity contribution in [3.63, 3.8) is 0 Å². The highest BCUT2D eigenvalue weighted by Crippen LogP contribution is 2.23. The Morgan fingerprint density at radius 3 is 2.50 bits per heavy atom. The molecule has 1 aromatic heterocycles. The molecule has 1 radical (unpaired) electrons. The lowest BCUT2D eigenvalue weighted by Crippen LogP contribution is -2.35. The van der Waals surface area contributed by atoms with Crippen molar-refractivity contribution >= 4 is 5.78 Å². The molecule has 1 fully saturated rings. The van der Waals surface area contributed by atoms with Gasteiger partial charge in [-0.3, -0.25) is 9.69 Å². The fourth-order valence-electron chi connectivity index (χ4n) is 1.90. The fraction of sp³-hybridized carbons (Fsp3) is 0.500. The smallest absolute Gasteiger partial charge is 0.224 e. The summed E-state index contributed by atoms with van der Waals surface area (Å²) in [5.74, 6) is 1.27. The van der Waals surface area contributed by atoms with Crippen LogP contribution in [0.1, 0.15) is 36.6 Å². The van der Waals surface area contributed by atoms with Crippen LogP contribution in [0.25, 0.3) is 0 Å². The maximum Gasteiger partial charge on any atom is 0.224 e. The van der Waals surface area contributed by atoms with Gasteiger partial charge in [0.2, 0.25) is 5.78 Å². The molecule has 1 saturated heterocycles. The van der Waals surface area contributed by atoms with Gasteiger partial charge >= 0.3 is 0 Å². The number of morpholine rings is 1. The zero-order valence-electron chi connectivity index (χ0n) is 12.2. The molecule has 0 N–H and O–H groups in total. The van der Waals surface area contributed by atoms with Crippen molar-refractivity contribution in [1.29, 1.82) is 0 Å². The SMILES string of the molecule is CCC.O=C(C1=C[CH]1)c1ccc(CN2CCOCC2)o1. The number of allylic oxidation sites excluding steroid dienone is 2. The van der Waals surface area contributed by atoms with Crippen molar-refractivity contribution in [2.45, 2.75) is 26.8 Å². The molecule has 0 unspecified atom stereocenters. The second-order valence-corrected chi connectivity index (χ2v) is 4.98. The Bertz CT molecular complexity index is 470. The maximum atomic E-state index is 11.7. The first-order chi connectivity index (χ1) is 9.74. The molecule has 1 aromatic rings. The number of carbonyl (C=O) groups excluding carboxylic acids is 1. The Morgan fingerprint density at radius 1 is 1.25 bits per heavy atom. The Labute approximate surface area is 120 Å². The quantitative estimate of drug-likeness (QED) is 0.793. The van der Waals surface area contributed by atoms with E-state index in [1.54, 1.807) is 18.6 Å². The van der Waals surface area contributed by atoms with E-state index in [9.17, 15) is 4.79 Å². The summed E-state index contributed by atoms with van der Waals surface area (Å²) in [5.41, 5.74) is 0.747. The molecule has 0 aromatic carbocycles. The standard InChI is InChI=1S/C13H14NO3.C3H8/c15-13(10-1-2-10)12-4-3-11(17-12)9-14-5-7-16-8-6-14;1-3-2/h1-4H,5-9H2;3H2,1-2H3. The van der Waals surface area contributed by atoms with Crippen molar-refractivity contribution < 1.29 is 13.9 Å². The van der Waals surface area contributed by atoms with Gasteiger partial charge in [-0.1, -0.05) is 26.3 Å². The average Bonchev–Trinajstić information content (AvgIpc) is 3.21. The number of furan rings is 1. The molecular formula is C16H22NO3. The van der Waals surface area contributed by atoms with E-state index in [1.165, 1.54) is 6.42 Å². The Morgan fingerprint density at radius 2 is 1.90 bits per heavy atom. The lowest BCUT2D eigenvalue weighted by atomic mass is 10.2. The van der Waals surface area contributed by atoms with Crippen molar-refractivity contribution in [1.82, 2.24) is 4.90 Å². The van der Waals surface area contributed by atoms with E-state index in [2.05, 4.69) is 18.7 Å². The van der Waals surface area contributed by atoms with Crippen molar-refractivity contribution in [3.8, 4) is 0 Å². The van der Waals surface area contributed by atoms with Crippen LogP contribution in [0.5, 0.6) is 0 Å². The average molecular weight is 276 g/mol. The number of hydrogen-bond donors (Lipinski definition) is 0. The molecule has 20 heavy (non-hydrogen) atoms. The predicted octanol–water partition coefficient (Wildman–Crippen LogP) is 2.86. The highest BCUT2D eigenvalue weighted by Gasteiger charge is 2.22. The highest BCUT2D eigenvalue weighted by atomic mass is 16.5. The molecule has 4 nitrogen and oxygen atoms in total. The molecule has 109 valence electrons. The summed E-state index contributed by atoms with van der Waals surface area (Å²) >= 11 is 0. The second kappa shape index (κ2) is 7.41. The molecule has 4 heteroatoms. The van der Waals surface area contributed by atoms with Crippen LogP contribution < -0.4 is 0 Å². The van der Waals surface area contributed by atoms with Gasteiger partial charge < -0.3 is 9.15 Å². The van der Waals surface area contributed by atoms with Crippen molar-refractivity contribution in [2.75, 3.05) is 26.3 Å². The Balaban J connectivity index is 0.000000452. The van der Waals surface area contributed by atoms with Crippen LogP contribution in [-0.2, 0) is 11.3 Å². The molecule has 1 aliphatic heterocycles. The van der Waals surface area contributed by atoms with E-state index < -0.39 is 0 Å². The first kappa shape index (κ1) is 15.0. The highest BCUT2D eigenvalue weighted by molar-refractivity contribution is 6.12.